The third-order valence-electron chi connectivity index (χ3n) is 3.38. The first-order valence-electron chi connectivity index (χ1n) is 9.89. The zero-order chi connectivity index (χ0) is 20.8. The number of allylic oxidation sites excluding steroid dienone is 6. The van der Waals surface area contributed by atoms with Gasteiger partial charge in [-0.2, -0.15) is 0 Å². The molecule has 0 aromatic heterocycles. The van der Waals surface area contributed by atoms with Gasteiger partial charge in [0.2, 0.25) is 0 Å². The van der Waals surface area contributed by atoms with Crippen LogP contribution in [0.3, 0.4) is 0 Å². The molecule has 0 aliphatic carbocycles. The molecule has 0 bridgehead atoms. The van der Waals surface area contributed by atoms with Crippen LogP contribution in [0.25, 0.3) is 0 Å². The topological polar surface area (TPSA) is 0 Å². The van der Waals surface area contributed by atoms with Gasteiger partial charge in [-0.15, -0.1) is 0 Å². The molecular weight excluding hydrogens is 377 g/mol. The van der Waals surface area contributed by atoms with Gasteiger partial charge in [0, 0.05) is 0 Å². The highest BCUT2D eigenvalue weighted by molar-refractivity contribution is 6.82. The van der Waals surface area contributed by atoms with Gasteiger partial charge in [-0.25, -0.2) is 0 Å². The summed E-state index contributed by atoms with van der Waals surface area (Å²) < 4.78 is 0. The van der Waals surface area contributed by atoms with E-state index in [0.717, 1.165) is 0 Å². The molecule has 0 aliphatic rings. The predicted octanol–water partition coefficient (Wildman–Crippen LogP) is 8.02. The Hall–Kier alpha value is -0.432. The van der Waals surface area contributed by atoms with Crippen molar-refractivity contribution in [2.45, 2.75) is 78.6 Å². The van der Waals surface area contributed by atoms with Gasteiger partial charge in [0.15, 0.2) is 0 Å². The number of hydrogen-bond donors (Lipinski definition) is 0. The first-order chi connectivity index (χ1) is 11.4. The van der Waals surface area contributed by atoms with Crippen LogP contribution in [0.1, 0.15) is 0 Å². The Labute approximate surface area is 168 Å². The largest absolute Gasteiger partial charge is 0.0944 e. The molecular formula is C22H44Si4. The van der Waals surface area contributed by atoms with Gasteiger partial charge in [0.25, 0.3) is 0 Å². The van der Waals surface area contributed by atoms with E-state index >= 15 is 0 Å². The minimum Gasteiger partial charge on any atom is -0.0944 e. The van der Waals surface area contributed by atoms with Gasteiger partial charge in [-0.3, -0.25) is 0 Å². The first kappa shape index (κ1) is 25.6. The van der Waals surface area contributed by atoms with Crippen LogP contribution in [0.5, 0.6) is 0 Å². The smallest absolute Gasteiger partial charge is 0.0687 e. The Morgan fingerprint density at radius 1 is 0.346 bits per heavy atom. The van der Waals surface area contributed by atoms with Gasteiger partial charge >= 0.3 is 0 Å². The predicted molar refractivity (Wildman–Crippen MR) is 137 cm³/mol. The summed E-state index contributed by atoms with van der Waals surface area (Å²) in [6.45, 7) is 28.8. The molecule has 0 aliphatic heterocycles. The Balaban J connectivity index is 6.36. The maximum atomic E-state index is 2.47. The molecule has 4 heteroatoms. The average Bonchev–Trinajstić information content (AvgIpc) is 2.35. The van der Waals surface area contributed by atoms with Crippen LogP contribution in [0.2, 0.25) is 78.6 Å². The minimum atomic E-state index is -1.23. The van der Waals surface area contributed by atoms with E-state index in [1.807, 2.05) is 0 Å². The summed E-state index contributed by atoms with van der Waals surface area (Å²) in [6, 6.07) is 0. The number of rotatable bonds is 8. The lowest BCUT2D eigenvalue weighted by Gasteiger charge is -2.14. The van der Waals surface area contributed by atoms with Crippen molar-refractivity contribution >= 4 is 32.3 Å². The lowest BCUT2D eigenvalue weighted by atomic mass is 10.1. The summed E-state index contributed by atoms with van der Waals surface area (Å²) in [5.74, 6) is 0. The van der Waals surface area contributed by atoms with Gasteiger partial charge < -0.3 is 0 Å². The third-order valence-corrected chi connectivity index (χ3v) is 8.05. The minimum absolute atomic E-state index is 1.23. The lowest BCUT2D eigenvalue weighted by Crippen LogP contribution is -2.17. The molecule has 0 saturated carbocycles. The molecule has 0 atom stereocenters. The molecule has 0 rings (SSSR count). The van der Waals surface area contributed by atoms with Crippen LogP contribution in [0.15, 0.2) is 58.2 Å². The van der Waals surface area contributed by atoms with Gasteiger partial charge in [0.1, 0.15) is 0 Å². The molecule has 0 amide bonds. The van der Waals surface area contributed by atoms with Crippen molar-refractivity contribution in [2.75, 3.05) is 0 Å². The molecule has 26 heavy (non-hydrogen) atoms. The Morgan fingerprint density at radius 3 is 0.615 bits per heavy atom. The Kier molecular flexibility index (Phi) is 9.51. The van der Waals surface area contributed by atoms with E-state index in [1.165, 1.54) is 11.1 Å². The molecule has 0 nitrogen and oxygen atoms in total. The zero-order valence-electron chi connectivity index (χ0n) is 19.6. The fraction of sp³-hybridized carbons (Fsp3) is 0.545. The first-order valence-corrected chi connectivity index (χ1v) is 24.2. The highest BCUT2D eigenvalue weighted by Gasteiger charge is 2.12. The van der Waals surface area contributed by atoms with E-state index in [4.69, 9.17) is 0 Å². The summed E-state index contributed by atoms with van der Waals surface area (Å²) in [6.07, 6.45) is 9.56. The second-order valence-corrected chi connectivity index (χ2v) is 32.0. The molecule has 0 fully saturated rings. The molecule has 0 spiro atoms. The van der Waals surface area contributed by atoms with Crippen LogP contribution < -0.4 is 0 Å². The normalized spacial score (nSPS) is 15.1. The van der Waals surface area contributed by atoms with Crippen LogP contribution in [0, 0.1) is 0 Å². The lowest BCUT2D eigenvalue weighted by molar-refractivity contribution is 1.55. The van der Waals surface area contributed by atoms with E-state index in [9.17, 15) is 0 Å². The Bertz CT molecular complexity index is 484. The monoisotopic (exact) mass is 420 g/mol. The van der Waals surface area contributed by atoms with E-state index < -0.39 is 32.3 Å². The van der Waals surface area contributed by atoms with E-state index in [1.54, 1.807) is 0 Å². The van der Waals surface area contributed by atoms with Crippen LogP contribution in [-0.4, -0.2) is 32.3 Å². The molecule has 0 heterocycles. The van der Waals surface area contributed by atoms with Gasteiger partial charge in [-0.1, -0.05) is 126 Å². The summed E-state index contributed by atoms with van der Waals surface area (Å²) in [5, 5.41) is 0. The van der Waals surface area contributed by atoms with Gasteiger partial charge in [0.05, 0.1) is 32.3 Å². The highest BCUT2D eigenvalue weighted by Crippen LogP contribution is 2.19. The fourth-order valence-electron chi connectivity index (χ4n) is 1.86. The maximum Gasteiger partial charge on any atom is 0.0687 e. The van der Waals surface area contributed by atoms with Crippen molar-refractivity contribution in [1.29, 1.82) is 0 Å². The van der Waals surface area contributed by atoms with E-state index in [0.29, 0.717) is 0 Å². The number of hydrogen-bond acceptors (Lipinski definition) is 0. The van der Waals surface area contributed by atoms with Crippen LogP contribution >= 0.6 is 0 Å². The van der Waals surface area contributed by atoms with Crippen molar-refractivity contribution in [3.05, 3.63) is 58.2 Å². The second-order valence-electron chi connectivity index (χ2n) is 11.7. The molecule has 0 N–H and O–H groups in total. The zero-order valence-corrected chi connectivity index (χ0v) is 23.6. The van der Waals surface area contributed by atoms with E-state index in [2.05, 4.69) is 126 Å². The fourth-order valence-corrected chi connectivity index (χ4v) is 4.57. The second kappa shape index (κ2) is 9.67. The summed E-state index contributed by atoms with van der Waals surface area (Å²) in [5.41, 5.74) is 12.6. The highest BCUT2D eigenvalue weighted by atomic mass is 28.3. The molecule has 0 radical (unpaired) electrons. The molecule has 0 saturated heterocycles. The van der Waals surface area contributed by atoms with Crippen molar-refractivity contribution < 1.29 is 0 Å². The maximum absolute atomic E-state index is 2.47. The molecule has 0 aromatic carbocycles. The Morgan fingerprint density at radius 2 is 0.500 bits per heavy atom. The molecule has 0 aromatic rings. The molecule has 0 unspecified atom stereocenters. The summed E-state index contributed by atoms with van der Waals surface area (Å²) in [7, 11) is -4.91. The average molecular weight is 421 g/mol. The summed E-state index contributed by atoms with van der Waals surface area (Å²) >= 11 is 0. The van der Waals surface area contributed by atoms with E-state index in [-0.39, 0.29) is 0 Å². The van der Waals surface area contributed by atoms with Gasteiger partial charge in [-0.05, 0) is 11.1 Å². The van der Waals surface area contributed by atoms with Crippen molar-refractivity contribution in [3.63, 3.8) is 0 Å². The standard InChI is InChI=1S/C22H44Si4/c1-23(2,3)17-13-21(14-18-24(4,5)6)22(15-19-25(7,8)9)16-20-26(10,11)12/h13-20H,1-12H3/b17-13+,18-14+,19-15+,20-16+. The quantitative estimate of drug-likeness (QED) is 0.275. The SMILES string of the molecule is C[Si](C)(C)/C=C/C(/C=C/[Si](C)(C)C)=C(/C=C/[Si](C)(C)C)/C=C/[Si](C)(C)C. The van der Waals surface area contributed by atoms with Crippen LogP contribution in [0.4, 0.5) is 0 Å². The van der Waals surface area contributed by atoms with Crippen molar-refractivity contribution in [2.24, 2.45) is 0 Å². The van der Waals surface area contributed by atoms with Crippen molar-refractivity contribution in [1.82, 2.24) is 0 Å². The van der Waals surface area contributed by atoms with Crippen molar-refractivity contribution in [3.8, 4) is 0 Å². The van der Waals surface area contributed by atoms with Crippen LogP contribution in [-0.2, 0) is 0 Å². The summed E-state index contributed by atoms with van der Waals surface area (Å²) in [4.78, 5) is 0. The molecule has 148 valence electrons. The third kappa shape index (κ3) is 15.8.